The lowest BCUT2D eigenvalue weighted by atomic mass is 10.1. The van der Waals surface area contributed by atoms with Crippen LogP contribution in [0.3, 0.4) is 0 Å². The SMILES string of the molecule is NC(Cc1ccc(Cl)cc1Cl)=NOC(=O)c1ccc([N+](=O)[O-])cc1Cl. The van der Waals surface area contributed by atoms with Gasteiger partial charge in [-0.1, -0.05) is 46.0 Å². The van der Waals surface area contributed by atoms with Crippen LogP contribution in [0, 0.1) is 10.1 Å². The number of hydrogen-bond acceptors (Lipinski definition) is 5. The molecule has 2 N–H and O–H groups in total. The second-order valence-corrected chi connectivity index (χ2v) is 6.05. The Morgan fingerprint density at radius 3 is 2.48 bits per heavy atom. The van der Waals surface area contributed by atoms with Gasteiger partial charge in [0.15, 0.2) is 0 Å². The van der Waals surface area contributed by atoms with Gasteiger partial charge >= 0.3 is 5.97 Å². The van der Waals surface area contributed by atoms with Crippen LogP contribution >= 0.6 is 34.8 Å². The summed E-state index contributed by atoms with van der Waals surface area (Å²) in [6.07, 6.45) is 0.136. The third kappa shape index (κ3) is 5.06. The molecule has 0 aromatic heterocycles. The van der Waals surface area contributed by atoms with Gasteiger partial charge in [0.05, 0.1) is 15.5 Å². The van der Waals surface area contributed by atoms with Crippen molar-refractivity contribution >= 4 is 52.3 Å². The number of carbonyl (C=O) groups excluding carboxylic acids is 1. The normalized spacial score (nSPS) is 11.2. The van der Waals surface area contributed by atoms with E-state index in [1.807, 2.05) is 0 Å². The molecule has 0 aliphatic carbocycles. The highest BCUT2D eigenvalue weighted by Gasteiger charge is 2.16. The van der Waals surface area contributed by atoms with E-state index >= 15 is 0 Å². The molecule has 0 bridgehead atoms. The van der Waals surface area contributed by atoms with Crippen LogP contribution in [0.25, 0.3) is 0 Å². The van der Waals surface area contributed by atoms with E-state index in [2.05, 4.69) is 5.16 Å². The number of non-ortho nitro benzene ring substituents is 1. The van der Waals surface area contributed by atoms with Crippen molar-refractivity contribution in [2.45, 2.75) is 6.42 Å². The second kappa shape index (κ2) is 8.15. The fraction of sp³-hybridized carbons (Fsp3) is 0.0667. The molecule has 2 rings (SSSR count). The van der Waals surface area contributed by atoms with E-state index in [0.29, 0.717) is 15.6 Å². The number of carbonyl (C=O) groups is 1. The summed E-state index contributed by atoms with van der Waals surface area (Å²) >= 11 is 17.7. The number of rotatable bonds is 5. The molecular weight excluding hydrogens is 393 g/mol. The minimum absolute atomic E-state index is 0.00407. The number of oxime groups is 1. The van der Waals surface area contributed by atoms with E-state index in [-0.39, 0.29) is 28.5 Å². The molecule has 0 radical (unpaired) electrons. The zero-order valence-electron chi connectivity index (χ0n) is 12.4. The van der Waals surface area contributed by atoms with E-state index in [0.717, 1.165) is 12.1 Å². The molecule has 25 heavy (non-hydrogen) atoms. The number of nitro benzene ring substituents is 1. The van der Waals surface area contributed by atoms with Crippen LogP contribution in [-0.2, 0) is 11.3 Å². The molecule has 0 aliphatic rings. The summed E-state index contributed by atoms with van der Waals surface area (Å²) < 4.78 is 0. The van der Waals surface area contributed by atoms with Gasteiger partial charge in [0, 0.05) is 28.6 Å². The molecule has 2 aromatic rings. The first kappa shape index (κ1) is 19.0. The standard InChI is InChI=1S/C15H10Cl3N3O4/c16-9-2-1-8(12(17)6-9)5-14(19)20-25-15(22)11-4-3-10(21(23)24)7-13(11)18/h1-4,6-7H,5H2,(H2,19,20). The third-order valence-corrected chi connectivity index (χ3v) is 3.92. The van der Waals surface area contributed by atoms with Gasteiger partial charge in [0.1, 0.15) is 5.84 Å². The fourth-order valence-corrected chi connectivity index (χ4v) is 2.55. The third-order valence-electron chi connectivity index (χ3n) is 3.02. The zero-order chi connectivity index (χ0) is 18.6. The Morgan fingerprint density at radius 1 is 1.16 bits per heavy atom. The van der Waals surface area contributed by atoms with Crippen molar-refractivity contribution in [1.29, 1.82) is 0 Å². The monoisotopic (exact) mass is 401 g/mol. The number of nitrogens with zero attached hydrogens (tertiary/aromatic N) is 2. The summed E-state index contributed by atoms with van der Waals surface area (Å²) in [4.78, 5) is 26.7. The Hall–Kier alpha value is -2.35. The van der Waals surface area contributed by atoms with Crippen LogP contribution < -0.4 is 5.73 Å². The highest BCUT2D eigenvalue weighted by molar-refractivity contribution is 6.35. The summed E-state index contributed by atoms with van der Waals surface area (Å²) in [7, 11) is 0. The number of benzene rings is 2. The minimum Gasteiger partial charge on any atom is -0.384 e. The second-order valence-electron chi connectivity index (χ2n) is 4.80. The predicted molar refractivity (Wildman–Crippen MR) is 95.3 cm³/mol. The van der Waals surface area contributed by atoms with E-state index in [1.54, 1.807) is 18.2 Å². The van der Waals surface area contributed by atoms with Gasteiger partial charge in [-0.3, -0.25) is 10.1 Å². The smallest absolute Gasteiger partial charge is 0.367 e. The molecule has 0 heterocycles. The van der Waals surface area contributed by atoms with Gasteiger partial charge in [-0.05, 0) is 23.8 Å². The Morgan fingerprint density at radius 2 is 1.88 bits per heavy atom. The van der Waals surface area contributed by atoms with Gasteiger partial charge in [-0.2, -0.15) is 0 Å². The first-order valence-corrected chi connectivity index (χ1v) is 7.83. The van der Waals surface area contributed by atoms with Gasteiger partial charge < -0.3 is 10.6 Å². The Kier molecular flexibility index (Phi) is 6.19. The molecule has 0 fully saturated rings. The number of nitro groups is 1. The molecule has 130 valence electrons. The first-order chi connectivity index (χ1) is 11.8. The summed E-state index contributed by atoms with van der Waals surface area (Å²) in [5, 5.41) is 14.9. The molecule has 0 atom stereocenters. The van der Waals surface area contributed by atoms with Crippen molar-refractivity contribution in [3.63, 3.8) is 0 Å². The number of halogens is 3. The topological polar surface area (TPSA) is 108 Å². The van der Waals surface area contributed by atoms with E-state index in [1.165, 1.54) is 6.07 Å². The maximum absolute atomic E-state index is 11.9. The van der Waals surface area contributed by atoms with Crippen molar-refractivity contribution in [3.8, 4) is 0 Å². The zero-order valence-corrected chi connectivity index (χ0v) is 14.7. The van der Waals surface area contributed by atoms with Crippen molar-refractivity contribution in [3.05, 3.63) is 72.7 Å². The van der Waals surface area contributed by atoms with Gasteiger partial charge in [-0.15, -0.1) is 0 Å². The summed E-state index contributed by atoms with van der Waals surface area (Å²) in [5.41, 5.74) is 6.03. The average molecular weight is 403 g/mol. The highest BCUT2D eigenvalue weighted by Crippen LogP contribution is 2.23. The molecular formula is C15H10Cl3N3O4. The molecule has 0 spiro atoms. The lowest BCUT2D eigenvalue weighted by Gasteiger charge is -2.05. The number of amidine groups is 1. The lowest BCUT2D eigenvalue weighted by Crippen LogP contribution is -2.17. The maximum Gasteiger partial charge on any atom is 0.367 e. The molecule has 0 aliphatic heterocycles. The molecule has 0 saturated heterocycles. The minimum atomic E-state index is -0.898. The number of hydrogen-bond donors (Lipinski definition) is 1. The van der Waals surface area contributed by atoms with E-state index in [9.17, 15) is 14.9 Å². The van der Waals surface area contributed by atoms with Crippen LogP contribution in [0.5, 0.6) is 0 Å². The fourth-order valence-electron chi connectivity index (χ4n) is 1.82. The van der Waals surface area contributed by atoms with Gasteiger partial charge in [-0.25, -0.2) is 4.79 Å². The Bertz CT molecular complexity index is 871. The number of nitrogens with two attached hydrogens (primary N) is 1. The molecule has 2 aromatic carbocycles. The Labute approximate surface area is 157 Å². The van der Waals surface area contributed by atoms with E-state index in [4.69, 9.17) is 45.4 Å². The van der Waals surface area contributed by atoms with Crippen LogP contribution in [0.15, 0.2) is 41.6 Å². The molecule has 10 heteroatoms. The lowest BCUT2D eigenvalue weighted by molar-refractivity contribution is -0.384. The first-order valence-electron chi connectivity index (χ1n) is 6.69. The Balaban J connectivity index is 2.07. The molecule has 0 amide bonds. The van der Waals surface area contributed by atoms with Crippen molar-refractivity contribution in [2.75, 3.05) is 0 Å². The molecule has 7 nitrogen and oxygen atoms in total. The van der Waals surface area contributed by atoms with Crippen molar-refractivity contribution in [1.82, 2.24) is 0 Å². The van der Waals surface area contributed by atoms with E-state index < -0.39 is 10.9 Å². The van der Waals surface area contributed by atoms with Crippen LogP contribution in [-0.4, -0.2) is 16.7 Å². The van der Waals surface area contributed by atoms with Crippen LogP contribution in [0.2, 0.25) is 15.1 Å². The van der Waals surface area contributed by atoms with Gasteiger partial charge in [0.25, 0.3) is 5.69 Å². The summed E-state index contributed by atoms with van der Waals surface area (Å²) in [6, 6.07) is 8.20. The van der Waals surface area contributed by atoms with Gasteiger partial charge in [0.2, 0.25) is 0 Å². The van der Waals surface area contributed by atoms with Crippen molar-refractivity contribution in [2.24, 2.45) is 10.9 Å². The molecule has 0 unspecified atom stereocenters. The van der Waals surface area contributed by atoms with Crippen molar-refractivity contribution < 1.29 is 14.6 Å². The predicted octanol–water partition coefficient (Wildman–Crippen LogP) is 4.23. The largest absolute Gasteiger partial charge is 0.384 e. The highest BCUT2D eigenvalue weighted by atomic mass is 35.5. The average Bonchev–Trinajstić information content (AvgIpc) is 2.55. The summed E-state index contributed by atoms with van der Waals surface area (Å²) in [6.45, 7) is 0. The quantitative estimate of drug-likeness (QED) is 0.265. The summed E-state index contributed by atoms with van der Waals surface area (Å²) in [5.74, 6) is -0.902. The van der Waals surface area contributed by atoms with Crippen LogP contribution in [0.1, 0.15) is 15.9 Å². The van der Waals surface area contributed by atoms with Crippen LogP contribution in [0.4, 0.5) is 5.69 Å². The molecule has 0 saturated carbocycles. The maximum atomic E-state index is 11.9.